The van der Waals surface area contributed by atoms with Crippen LogP contribution in [0.2, 0.25) is 0 Å². The van der Waals surface area contributed by atoms with Gasteiger partial charge in [-0.3, -0.25) is 4.79 Å². The molecule has 0 aliphatic heterocycles. The summed E-state index contributed by atoms with van der Waals surface area (Å²) in [6, 6.07) is 13.2. The Kier molecular flexibility index (Phi) is 6.63. The van der Waals surface area contributed by atoms with Gasteiger partial charge in [-0.25, -0.2) is 9.18 Å². The standard InChI is InChI=1S/C22H24FNO4/c23-18-10-8-16(9-11-18)12-13-24(19-5-1-2-6-19)22(27)17-4-3-7-20(14-17)28-15-21(25)26/h3-4,7-11,14,19H,1-2,5-6,12-13,15H2,(H,25,26). The van der Waals surface area contributed by atoms with E-state index in [-0.39, 0.29) is 17.8 Å². The SMILES string of the molecule is O=C(O)COc1cccc(C(=O)N(CCc2ccc(F)cc2)C2CCCC2)c1. The van der Waals surface area contributed by atoms with Gasteiger partial charge in [-0.05, 0) is 55.2 Å². The normalized spacial score (nSPS) is 14.0. The Morgan fingerprint density at radius 1 is 1.11 bits per heavy atom. The van der Waals surface area contributed by atoms with Crippen molar-refractivity contribution in [1.29, 1.82) is 0 Å². The lowest BCUT2D eigenvalue weighted by Gasteiger charge is -2.29. The number of halogens is 1. The molecule has 0 unspecified atom stereocenters. The molecule has 1 fully saturated rings. The zero-order valence-corrected chi connectivity index (χ0v) is 15.6. The average Bonchev–Trinajstić information content (AvgIpc) is 3.22. The molecule has 6 heteroatoms. The first-order valence-corrected chi connectivity index (χ1v) is 9.53. The molecule has 1 amide bonds. The van der Waals surface area contributed by atoms with Crippen LogP contribution in [0.3, 0.4) is 0 Å². The number of ether oxygens (including phenoxy) is 1. The van der Waals surface area contributed by atoms with Gasteiger partial charge in [0.05, 0.1) is 0 Å². The number of hydrogen-bond acceptors (Lipinski definition) is 3. The van der Waals surface area contributed by atoms with E-state index in [1.165, 1.54) is 12.1 Å². The molecule has 0 saturated heterocycles. The van der Waals surface area contributed by atoms with Crippen LogP contribution in [0.25, 0.3) is 0 Å². The molecule has 3 rings (SSSR count). The fourth-order valence-electron chi connectivity index (χ4n) is 3.60. The second-order valence-corrected chi connectivity index (χ2v) is 7.02. The van der Waals surface area contributed by atoms with Gasteiger partial charge < -0.3 is 14.7 Å². The molecule has 0 radical (unpaired) electrons. The lowest BCUT2D eigenvalue weighted by atomic mass is 10.1. The van der Waals surface area contributed by atoms with E-state index in [4.69, 9.17) is 9.84 Å². The van der Waals surface area contributed by atoms with E-state index in [0.29, 0.717) is 24.3 Å². The van der Waals surface area contributed by atoms with E-state index >= 15 is 0 Å². The number of hydrogen-bond donors (Lipinski definition) is 1. The highest BCUT2D eigenvalue weighted by Gasteiger charge is 2.27. The van der Waals surface area contributed by atoms with Gasteiger partial charge in [0.25, 0.3) is 5.91 Å². The molecule has 148 valence electrons. The Balaban J connectivity index is 1.73. The molecular formula is C22H24FNO4. The highest BCUT2D eigenvalue weighted by molar-refractivity contribution is 5.94. The molecule has 1 N–H and O–H groups in total. The number of carboxylic acids is 1. The summed E-state index contributed by atoms with van der Waals surface area (Å²) in [6.45, 7) is 0.101. The molecule has 0 heterocycles. The van der Waals surface area contributed by atoms with Gasteiger partial charge in [-0.15, -0.1) is 0 Å². The molecule has 2 aromatic rings. The molecule has 5 nitrogen and oxygen atoms in total. The van der Waals surface area contributed by atoms with Crippen LogP contribution in [0.5, 0.6) is 5.75 Å². The molecule has 0 spiro atoms. The molecule has 28 heavy (non-hydrogen) atoms. The Morgan fingerprint density at radius 2 is 1.82 bits per heavy atom. The number of benzene rings is 2. The molecule has 1 aliphatic carbocycles. The number of carbonyl (C=O) groups excluding carboxylic acids is 1. The van der Waals surface area contributed by atoms with Crippen molar-refractivity contribution in [2.75, 3.05) is 13.2 Å². The van der Waals surface area contributed by atoms with Gasteiger partial charge in [-0.2, -0.15) is 0 Å². The number of nitrogens with zero attached hydrogens (tertiary/aromatic N) is 1. The van der Waals surface area contributed by atoms with E-state index in [1.54, 1.807) is 36.4 Å². The topological polar surface area (TPSA) is 66.8 Å². The van der Waals surface area contributed by atoms with Crippen LogP contribution in [0.1, 0.15) is 41.6 Å². The van der Waals surface area contributed by atoms with Crippen molar-refractivity contribution in [1.82, 2.24) is 4.90 Å². The Bertz CT molecular complexity index is 816. The summed E-state index contributed by atoms with van der Waals surface area (Å²) >= 11 is 0. The van der Waals surface area contributed by atoms with Crippen molar-refractivity contribution in [3.8, 4) is 5.75 Å². The molecule has 0 aromatic heterocycles. The van der Waals surface area contributed by atoms with E-state index in [0.717, 1.165) is 31.2 Å². The lowest BCUT2D eigenvalue weighted by Crippen LogP contribution is -2.40. The van der Waals surface area contributed by atoms with Crippen LogP contribution >= 0.6 is 0 Å². The Morgan fingerprint density at radius 3 is 2.50 bits per heavy atom. The zero-order chi connectivity index (χ0) is 19.9. The number of rotatable bonds is 8. The predicted octanol–water partition coefficient (Wildman–Crippen LogP) is 3.92. The van der Waals surface area contributed by atoms with Crippen molar-refractivity contribution in [2.45, 2.75) is 38.1 Å². The maximum absolute atomic E-state index is 13.2. The second kappa shape index (κ2) is 9.35. The van der Waals surface area contributed by atoms with Gasteiger partial charge in [0.1, 0.15) is 11.6 Å². The predicted molar refractivity (Wildman–Crippen MR) is 103 cm³/mol. The van der Waals surface area contributed by atoms with Crippen molar-refractivity contribution < 1.29 is 23.8 Å². The van der Waals surface area contributed by atoms with Crippen molar-refractivity contribution in [3.05, 3.63) is 65.5 Å². The average molecular weight is 385 g/mol. The fourth-order valence-corrected chi connectivity index (χ4v) is 3.60. The number of carbonyl (C=O) groups is 2. The molecule has 1 saturated carbocycles. The second-order valence-electron chi connectivity index (χ2n) is 7.02. The van der Waals surface area contributed by atoms with Gasteiger partial charge in [-0.1, -0.05) is 31.0 Å². The maximum Gasteiger partial charge on any atom is 0.341 e. The first-order valence-electron chi connectivity index (χ1n) is 9.53. The highest BCUT2D eigenvalue weighted by atomic mass is 19.1. The van der Waals surface area contributed by atoms with Crippen LogP contribution in [0.15, 0.2) is 48.5 Å². The maximum atomic E-state index is 13.2. The fraction of sp³-hybridized carbons (Fsp3) is 0.364. The summed E-state index contributed by atoms with van der Waals surface area (Å²) < 4.78 is 18.3. The number of aliphatic carboxylic acids is 1. The van der Waals surface area contributed by atoms with Gasteiger partial charge in [0.15, 0.2) is 6.61 Å². The molecule has 1 aliphatic rings. The minimum Gasteiger partial charge on any atom is -0.482 e. The van der Waals surface area contributed by atoms with E-state index in [2.05, 4.69) is 0 Å². The largest absolute Gasteiger partial charge is 0.482 e. The van der Waals surface area contributed by atoms with E-state index in [9.17, 15) is 14.0 Å². The first kappa shape index (κ1) is 19.9. The van der Waals surface area contributed by atoms with Crippen LogP contribution in [0, 0.1) is 5.82 Å². The molecule has 2 aromatic carbocycles. The van der Waals surface area contributed by atoms with E-state index in [1.807, 2.05) is 4.90 Å². The zero-order valence-electron chi connectivity index (χ0n) is 15.6. The molecule has 0 bridgehead atoms. The van der Waals surface area contributed by atoms with Crippen molar-refractivity contribution in [2.24, 2.45) is 0 Å². The third-order valence-corrected chi connectivity index (χ3v) is 5.02. The third kappa shape index (κ3) is 5.31. The van der Waals surface area contributed by atoms with Crippen molar-refractivity contribution >= 4 is 11.9 Å². The Hall–Kier alpha value is -2.89. The van der Waals surface area contributed by atoms with Crippen molar-refractivity contribution in [3.63, 3.8) is 0 Å². The number of amides is 1. The minimum absolute atomic E-state index is 0.0882. The summed E-state index contributed by atoms with van der Waals surface area (Å²) in [6.07, 6.45) is 4.81. The summed E-state index contributed by atoms with van der Waals surface area (Å²) in [5, 5.41) is 8.76. The van der Waals surface area contributed by atoms with Gasteiger partial charge >= 0.3 is 5.97 Å². The minimum atomic E-state index is -1.07. The lowest BCUT2D eigenvalue weighted by molar-refractivity contribution is -0.139. The monoisotopic (exact) mass is 385 g/mol. The number of carboxylic acid groups (broad SMARTS) is 1. The van der Waals surface area contributed by atoms with E-state index < -0.39 is 12.6 Å². The summed E-state index contributed by atoms with van der Waals surface area (Å²) in [7, 11) is 0. The Labute approximate surface area is 163 Å². The quantitative estimate of drug-likeness (QED) is 0.748. The summed E-state index contributed by atoms with van der Waals surface area (Å²) in [4.78, 5) is 25.8. The third-order valence-electron chi connectivity index (χ3n) is 5.02. The highest BCUT2D eigenvalue weighted by Crippen LogP contribution is 2.26. The molecular weight excluding hydrogens is 361 g/mol. The van der Waals surface area contributed by atoms with Crippen LogP contribution in [0.4, 0.5) is 4.39 Å². The van der Waals surface area contributed by atoms with Crippen LogP contribution in [-0.4, -0.2) is 41.1 Å². The van der Waals surface area contributed by atoms with Crippen LogP contribution in [-0.2, 0) is 11.2 Å². The smallest absolute Gasteiger partial charge is 0.341 e. The first-order chi connectivity index (χ1) is 13.5. The summed E-state index contributed by atoms with van der Waals surface area (Å²) in [5.74, 6) is -1.07. The van der Waals surface area contributed by atoms with Gasteiger partial charge in [0, 0.05) is 18.2 Å². The summed E-state index contributed by atoms with van der Waals surface area (Å²) in [5.41, 5.74) is 1.46. The molecule has 0 atom stereocenters. The van der Waals surface area contributed by atoms with Crippen LogP contribution < -0.4 is 4.74 Å². The van der Waals surface area contributed by atoms with Gasteiger partial charge in [0.2, 0.25) is 0 Å².